The molecule has 2 aliphatic rings. The molecule has 0 aromatic heterocycles. The average Bonchev–Trinajstić information content (AvgIpc) is 3.41. The highest BCUT2D eigenvalue weighted by Crippen LogP contribution is 2.44. The fourth-order valence-electron chi connectivity index (χ4n) is 11.3. The number of aliphatic hydroxyl groups is 3. The van der Waals surface area contributed by atoms with E-state index in [4.69, 9.17) is 4.74 Å². The van der Waals surface area contributed by atoms with Crippen LogP contribution in [0.3, 0.4) is 0 Å². The molecule has 0 spiro atoms. The van der Waals surface area contributed by atoms with Gasteiger partial charge in [0.2, 0.25) is 0 Å². The number of carbonyl (C=O) groups excluding carboxylic acids is 1. The van der Waals surface area contributed by atoms with Crippen LogP contribution in [0, 0.1) is 11.8 Å². The van der Waals surface area contributed by atoms with Gasteiger partial charge in [0.25, 0.3) is 0 Å². The van der Waals surface area contributed by atoms with Crippen molar-refractivity contribution in [1.29, 1.82) is 0 Å². The van der Waals surface area contributed by atoms with E-state index in [0.29, 0.717) is 0 Å². The number of esters is 1. The van der Waals surface area contributed by atoms with Crippen molar-refractivity contribution >= 4 is 5.97 Å². The molecule has 0 aliphatic carbocycles. The van der Waals surface area contributed by atoms with Crippen LogP contribution in [0.25, 0.3) is 0 Å². The molecule has 0 amide bonds. The van der Waals surface area contributed by atoms with E-state index >= 15 is 0 Å². The van der Waals surface area contributed by atoms with Crippen LogP contribution in [0.1, 0.15) is 157 Å². The lowest BCUT2D eigenvalue weighted by Gasteiger charge is -2.42. The van der Waals surface area contributed by atoms with Gasteiger partial charge in [-0.05, 0) is 158 Å². The summed E-state index contributed by atoms with van der Waals surface area (Å²) < 4.78 is 5.72. The molecule has 0 saturated carbocycles. The van der Waals surface area contributed by atoms with E-state index < -0.39 is 17.3 Å². The number of rotatable bonds is 17. The Hall–Kier alpha value is -5.41. The maximum atomic E-state index is 12.1. The predicted octanol–water partition coefficient (Wildman–Crippen LogP) is 13.5. The molecule has 6 aromatic carbocycles. The Bertz CT molecular complexity index is 2460. The van der Waals surface area contributed by atoms with Gasteiger partial charge >= 0.3 is 5.97 Å². The standard InChI is InChI=1S/C34H43NO3.C32H41NO2/c1-26(36)38-32(27-17-19-28(20-18-27)33(2,3)4)16-11-23-35-24-21-31(22-25-35)34(37,29-12-7-5-8-13-29)30-14-9-6-10-15-30;1-31(2,3)26-18-16-25(17-19-26)30(34)15-10-22-33-23-20-29(21-24-33)32(35,27-11-6-4-7-12-27)28-13-8-5-9-14-28/h5-10,12-15,17-20,31-32,37H,11,16,21-25H2,1-4H3;4-9,11-14,16-19,29-30,34-35H,10,15,20-24H2,1-3H3/t32-;30-/m00/s1. The second-order valence-electron chi connectivity index (χ2n) is 22.9. The van der Waals surface area contributed by atoms with Crippen molar-refractivity contribution in [3.8, 4) is 0 Å². The normalized spacial score (nSPS) is 16.5. The minimum absolute atomic E-state index is 0.0920. The molecule has 0 unspecified atom stereocenters. The van der Waals surface area contributed by atoms with Gasteiger partial charge in [-0.25, -0.2) is 0 Å². The number of piperidine rings is 2. The number of nitrogens with zero attached hydrogens (tertiary/aromatic N) is 2. The highest BCUT2D eigenvalue weighted by molar-refractivity contribution is 5.66. The smallest absolute Gasteiger partial charge is 0.303 e. The minimum atomic E-state index is -0.992. The van der Waals surface area contributed by atoms with E-state index in [1.807, 2.05) is 97.1 Å². The minimum Gasteiger partial charge on any atom is -0.458 e. The van der Waals surface area contributed by atoms with E-state index in [9.17, 15) is 20.1 Å². The first-order chi connectivity index (χ1) is 35.0. The molecular weight excluding hydrogens is 901 g/mol. The monoisotopic (exact) mass is 985 g/mol. The van der Waals surface area contributed by atoms with Crippen LogP contribution in [0.4, 0.5) is 0 Å². The van der Waals surface area contributed by atoms with Crippen molar-refractivity contribution in [2.75, 3.05) is 39.3 Å². The molecular formula is C66H84N2O5. The van der Waals surface area contributed by atoms with Gasteiger partial charge in [-0.3, -0.25) is 4.79 Å². The molecule has 7 heteroatoms. The Balaban J connectivity index is 0.000000214. The molecule has 0 bridgehead atoms. The third-order valence-corrected chi connectivity index (χ3v) is 15.7. The van der Waals surface area contributed by atoms with E-state index in [1.54, 1.807) is 0 Å². The fourth-order valence-corrected chi connectivity index (χ4v) is 11.3. The zero-order valence-electron chi connectivity index (χ0n) is 44.9. The SMILES string of the molecule is CC(=O)O[C@@H](CCCN1CCC(C(O)(c2ccccc2)c2ccccc2)CC1)c1ccc(C(C)(C)C)cc1.CC(C)(C)c1ccc([C@@H](O)CCCN2CCC(C(O)(c3ccccc3)c3ccccc3)CC2)cc1. The molecule has 0 radical (unpaired) electrons. The number of hydrogen-bond donors (Lipinski definition) is 3. The molecule has 2 aliphatic heterocycles. The number of hydrogen-bond acceptors (Lipinski definition) is 7. The van der Waals surface area contributed by atoms with Crippen LogP contribution in [0.15, 0.2) is 170 Å². The third-order valence-electron chi connectivity index (χ3n) is 15.7. The topological polar surface area (TPSA) is 93.5 Å². The van der Waals surface area contributed by atoms with Crippen molar-refractivity contribution in [3.05, 3.63) is 214 Å². The molecule has 2 atom stereocenters. The van der Waals surface area contributed by atoms with Crippen LogP contribution in [0.5, 0.6) is 0 Å². The van der Waals surface area contributed by atoms with Gasteiger partial charge in [-0.15, -0.1) is 0 Å². The maximum Gasteiger partial charge on any atom is 0.303 e. The van der Waals surface area contributed by atoms with Crippen molar-refractivity contribution in [1.82, 2.24) is 9.80 Å². The molecule has 73 heavy (non-hydrogen) atoms. The van der Waals surface area contributed by atoms with Gasteiger partial charge in [-0.1, -0.05) is 211 Å². The summed E-state index contributed by atoms with van der Waals surface area (Å²) in [5.41, 5.74) is 6.78. The van der Waals surface area contributed by atoms with E-state index in [-0.39, 0.29) is 34.7 Å². The van der Waals surface area contributed by atoms with Gasteiger partial charge in [0, 0.05) is 6.92 Å². The summed E-state index contributed by atoms with van der Waals surface area (Å²) in [6.45, 7) is 20.5. The highest BCUT2D eigenvalue weighted by Gasteiger charge is 2.43. The molecule has 7 nitrogen and oxygen atoms in total. The second-order valence-corrected chi connectivity index (χ2v) is 22.9. The summed E-state index contributed by atoms with van der Waals surface area (Å²) in [4.78, 5) is 16.8. The first-order valence-electron chi connectivity index (χ1n) is 27.1. The maximum absolute atomic E-state index is 12.1. The van der Waals surface area contributed by atoms with Crippen LogP contribution >= 0.6 is 0 Å². The number of benzene rings is 6. The van der Waals surface area contributed by atoms with Gasteiger partial charge < -0.3 is 29.9 Å². The number of aliphatic hydroxyl groups excluding tert-OH is 1. The number of carbonyl (C=O) groups is 1. The third kappa shape index (κ3) is 14.5. The lowest BCUT2D eigenvalue weighted by molar-refractivity contribution is -0.147. The van der Waals surface area contributed by atoms with Crippen LogP contribution in [0.2, 0.25) is 0 Å². The van der Waals surface area contributed by atoms with Crippen molar-refractivity contribution in [2.45, 2.75) is 134 Å². The predicted molar refractivity (Wildman–Crippen MR) is 298 cm³/mol. The van der Waals surface area contributed by atoms with E-state index in [0.717, 1.165) is 124 Å². The zero-order valence-corrected chi connectivity index (χ0v) is 44.9. The zero-order chi connectivity index (χ0) is 52.1. The molecule has 3 N–H and O–H groups in total. The van der Waals surface area contributed by atoms with Gasteiger partial charge in [0.05, 0.1) is 6.10 Å². The Morgan fingerprint density at radius 1 is 0.479 bits per heavy atom. The average molecular weight is 985 g/mol. The largest absolute Gasteiger partial charge is 0.458 e. The molecule has 6 aromatic rings. The quantitative estimate of drug-likeness (QED) is 0.0784. The van der Waals surface area contributed by atoms with Gasteiger partial charge in [-0.2, -0.15) is 0 Å². The Kier molecular flexibility index (Phi) is 19.1. The number of ether oxygens (including phenoxy) is 1. The van der Waals surface area contributed by atoms with Gasteiger partial charge in [0.1, 0.15) is 17.3 Å². The summed E-state index contributed by atoms with van der Waals surface area (Å²) in [5, 5.41) is 34.9. The van der Waals surface area contributed by atoms with Crippen molar-refractivity contribution < 1.29 is 24.9 Å². The molecule has 2 heterocycles. The molecule has 2 saturated heterocycles. The van der Waals surface area contributed by atoms with Crippen molar-refractivity contribution in [3.63, 3.8) is 0 Å². The van der Waals surface area contributed by atoms with Crippen LogP contribution in [-0.4, -0.2) is 70.4 Å². The lowest BCUT2D eigenvalue weighted by Crippen LogP contribution is -2.44. The van der Waals surface area contributed by atoms with Gasteiger partial charge in [0.15, 0.2) is 0 Å². The molecule has 8 rings (SSSR count). The van der Waals surface area contributed by atoms with Crippen molar-refractivity contribution in [2.24, 2.45) is 11.8 Å². The summed E-state index contributed by atoms with van der Waals surface area (Å²) in [5.74, 6) is 0.0889. The Morgan fingerprint density at radius 3 is 1.11 bits per heavy atom. The number of likely N-dealkylation sites (tertiary alicyclic amines) is 2. The first-order valence-corrected chi connectivity index (χ1v) is 27.1. The fraction of sp³-hybridized carbons (Fsp3) is 0.439. The Labute approximate surface area is 438 Å². The summed E-state index contributed by atoms with van der Waals surface area (Å²) >= 11 is 0. The lowest BCUT2D eigenvalue weighted by atomic mass is 9.72. The summed E-state index contributed by atoms with van der Waals surface area (Å²) in [6, 6.07) is 57.4. The molecule has 2 fully saturated rings. The summed E-state index contributed by atoms with van der Waals surface area (Å²) in [6.07, 6.45) is 6.62. The summed E-state index contributed by atoms with van der Waals surface area (Å²) in [7, 11) is 0. The van der Waals surface area contributed by atoms with E-state index in [1.165, 1.54) is 18.1 Å². The van der Waals surface area contributed by atoms with Crippen LogP contribution in [-0.2, 0) is 31.6 Å². The first kappa shape index (κ1) is 55.3. The van der Waals surface area contributed by atoms with E-state index in [2.05, 4.69) is 124 Å². The Morgan fingerprint density at radius 2 is 0.795 bits per heavy atom. The van der Waals surface area contributed by atoms with Crippen LogP contribution < -0.4 is 0 Å². The molecule has 388 valence electrons. The highest BCUT2D eigenvalue weighted by atomic mass is 16.5. The second kappa shape index (κ2) is 25.2.